The molecule has 0 spiro atoms. The Morgan fingerprint density at radius 3 is 2.69 bits per heavy atom. The summed E-state index contributed by atoms with van der Waals surface area (Å²) >= 11 is 0. The molecule has 2 rings (SSSR count). The Bertz CT molecular complexity index is 394. The maximum absolute atomic E-state index is 10.6. The molecule has 0 radical (unpaired) electrons. The minimum Gasteiger partial charge on any atom is -0.481 e. The lowest BCUT2D eigenvalue weighted by molar-refractivity contribution is -0.136. The number of carboxylic acids is 1. The average Bonchev–Trinajstić information content (AvgIpc) is 3.07. The predicted molar refractivity (Wildman–Crippen MR) is 60.3 cm³/mol. The summed E-state index contributed by atoms with van der Waals surface area (Å²) in [5.74, 6) is -0.753. The smallest absolute Gasteiger partial charge is 0.303 e. The molecule has 1 fully saturated rings. The molecule has 3 nitrogen and oxygen atoms in total. The Balaban J connectivity index is 2.21. The highest BCUT2D eigenvalue weighted by Crippen LogP contribution is 2.49. The van der Waals surface area contributed by atoms with Gasteiger partial charge in [0, 0.05) is 13.5 Å². The van der Waals surface area contributed by atoms with Crippen molar-refractivity contribution < 1.29 is 14.6 Å². The molecule has 1 aromatic rings. The molecule has 3 heteroatoms. The largest absolute Gasteiger partial charge is 0.481 e. The maximum Gasteiger partial charge on any atom is 0.303 e. The van der Waals surface area contributed by atoms with Gasteiger partial charge in [0.05, 0.1) is 5.60 Å². The summed E-state index contributed by atoms with van der Waals surface area (Å²) in [4.78, 5) is 10.6. The van der Waals surface area contributed by atoms with Crippen LogP contribution < -0.4 is 0 Å². The summed E-state index contributed by atoms with van der Waals surface area (Å²) in [7, 11) is 1.72. The van der Waals surface area contributed by atoms with E-state index in [1.54, 1.807) is 7.11 Å². The number of methoxy groups -OCH3 is 1. The van der Waals surface area contributed by atoms with E-state index in [1.165, 1.54) is 5.56 Å². The van der Waals surface area contributed by atoms with Crippen LogP contribution in [0.15, 0.2) is 24.3 Å². The van der Waals surface area contributed by atoms with Gasteiger partial charge in [-0.05, 0) is 30.4 Å². The normalized spacial score (nSPS) is 17.1. The highest BCUT2D eigenvalue weighted by Gasteiger charge is 2.45. The van der Waals surface area contributed by atoms with Gasteiger partial charge in [-0.15, -0.1) is 0 Å². The van der Waals surface area contributed by atoms with Crippen molar-refractivity contribution in [3.8, 4) is 0 Å². The number of carbonyl (C=O) groups is 1. The van der Waals surface area contributed by atoms with Gasteiger partial charge in [0.15, 0.2) is 0 Å². The van der Waals surface area contributed by atoms with Crippen molar-refractivity contribution >= 4 is 5.97 Å². The highest BCUT2D eigenvalue weighted by atomic mass is 16.5. The van der Waals surface area contributed by atoms with Crippen molar-refractivity contribution in [1.82, 2.24) is 0 Å². The van der Waals surface area contributed by atoms with Gasteiger partial charge in [0.25, 0.3) is 0 Å². The summed E-state index contributed by atoms with van der Waals surface area (Å²) < 4.78 is 5.53. The second-order valence-corrected chi connectivity index (χ2v) is 4.25. The fourth-order valence-electron chi connectivity index (χ4n) is 2.12. The molecule has 0 amide bonds. The molecule has 0 saturated heterocycles. The summed E-state index contributed by atoms with van der Waals surface area (Å²) in [5, 5.41) is 8.71. The van der Waals surface area contributed by atoms with Crippen LogP contribution in [0, 0.1) is 0 Å². The lowest BCUT2D eigenvalue weighted by Crippen LogP contribution is -2.12. The van der Waals surface area contributed by atoms with Gasteiger partial charge < -0.3 is 9.84 Å². The predicted octanol–water partition coefficient (Wildman–Crippen LogP) is 2.34. The monoisotopic (exact) mass is 220 g/mol. The topological polar surface area (TPSA) is 46.5 Å². The summed E-state index contributed by atoms with van der Waals surface area (Å²) in [6, 6.07) is 7.98. The number of rotatable bonds is 5. The molecule has 1 aromatic carbocycles. The number of hydrogen-bond donors (Lipinski definition) is 1. The first kappa shape index (κ1) is 11.1. The lowest BCUT2D eigenvalue weighted by Gasteiger charge is -2.17. The van der Waals surface area contributed by atoms with Crippen molar-refractivity contribution in [1.29, 1.82) is 0 Å². The van der Waals surface area contributed by atoms with Crippen LogP contribution in [0.1, 0.15) is 30.4 Å². The van der Waals surface area contributed by atoms with Crippen LogP contribution in [0.4, 0.5) is 0 Å². The lowest BCUT2D eigenvalue weighted by atomic mass is 9.97. The van der Waals surface area contributed by atoms with Crippen LogP contribution in [0.25, 0.3) is 0 Å². The van der Waals surface area contributed by atoms with Gasteiger partial charge in [-0.3, -0.25) is 4.79 Å². The molecule has 0 bridgehead atoms. The van der Waals surface area contributed by atoms with E-state index in [1.807, 2.05) is 24.3 Å². The molecular weight excluding hydrogens is 204 g/mol. The first-order valence-corrected chi connectivity index (χ1v) is 5.53. The zero-order chi connectivity index (χ0) is 11.6. The van der Waals surface area contributed by atoms with E-state index in [4.69, 9.17) is 9.84 Å². The number of hydrogen-bond acceptors (Lipinski definition) is 2. The van der Waals surface area contributed by atoms with E-state index >= 15 is 0 Å². The third kappa shape index (κ3) is 2.09. The fourth-order valence-corrected chi connectivity index (χ4v) is 2.12. The molecule has 0 unspecified atom stereocenters. The fraction of sp³-hybridized carbons (Fsp3) is 0.462. The molecule has 0 aliphatic heterocycles. The first-order valence-electron chi connectivity index (χ1n) is 5.53. The van der Waals surface area contributed by atoms with Gasteiger partial charge in [0.2, 0.25) is 0 Å². The second-order valence-electron chi connectivity index (χ2n) is 4.25. The Hall–Kier alpha value is -1.35. The SMILES string of the molecule is COC1(c2ccccc2CCC(=O)O)CC1. The van der Waals surface area contributed by atoms with E-state index in [-0.39, 0.29) is 12.0 Å². The Kier molecular flexibility index (Phi) is 2.97. The molecule has 0 heterocycles. The number of ether oxygens (including phenoxy) is 1. The van der Waals surface area contributed by atoms with Gasteiger partial charge in [-0.25, -0.2) is 0 Å². The standard InChI is InChI=1S/C13H16O3/c1-16-13(8-9-13)11-5-3-2-4-10(11)6-7-12(14)15/h2-5H,6-9H2,1H3,(H,14,15). The van der Waals surface area contributed by atoms with Gasteiger partial charge >= 0.3 is 5.97 Å². The van der Waals surface area contributed by atoms with Crippen LogP contribution in [-0.4, -0.2) is 18.2 Å². The van der Waals surface area contributed by atoms with Crippen molar-refractivity contribution in [2.75, 3.05) is 7.11 Å². The Morgan fingerprint density at radius 1 is 1.44 bits per heavy atom. The zero-order valence-electron chi connectivity index (χ0n) is 9.40. The van der Waals surface area contributed by atoms with Crippen LogP contribution in [0.5, 0.6) is 0 Å². The third-order valence-corrected chi connectivity index (χ3v) is 3.21. The minimum atomic E-state index is -0.753. The molecule has 86 valence electrons. The van der Waals surface area contributed by atoms with Gasteiger partial charge in [-0.1, -0.05) is 24.3 Å². The molecule has 1 aliphatic rings. The molecule has 1 N–H and O–H groups in total. The first-order chi connectivity index (χ1) is 7.68. The van der Waals surface area contributed by atoms with Crippen molar-refractivity contribution in [2.24, 2.45) is 0 Å². The number of aryl methyl sites for hydroxylation is 1. The van der Waals surface area contributed by atoms with Crippen molar-refractivity contribution in [2.45, 2.75) is 31.3 Å². The third-order valence-electron chi connectivity index (χ3n) is 3.21. The highest BCUT2D eigenvalue weighted by molar-refractivity contribution is 5.67. The average molecular weight is 220 g/mol. The summed E-state index contributed by atoms with van der Waals surface area (Å²) in [5.41, 5.74) is 2.14. The van der Waals surface area contributed by atoms with Gasteiger partial charge in [-0.2, -0.15) is 0 Å². The molecule has 0 atom stereocenters. The van der Waals surface area contributed by atoms with Crippen LogP contribution >= 0.6 is 0 Å². The quantitative estimate of drug-likeness (QED) is 0.828. The molecule has 0 aromatic heterocycles. The van der Waals surface area contributed by atoms with Crippen LogP contribution in [-0.2, 0) is 21.6 Å². The number of aliphatic carboxylic acids is 1. The minimum absolute atomic E-state index is 0.130. The molecule has 1 aliphatic carbocycles. The van der Waals surface area contributed by atoms with E-state index in [0.717, 1.165) is 18.4 Å². The van der Waals surface area contributed by atoms with Crippen molar-refractivity contribution in [3.05, 3.63) is 35.4 Å². The van der Waals surface area contributed by atoms with Crippen LogP contribution in [0.2, 0.25) is 0 Å². The molecular formula is C13H16O3. The maximum atomic E-state index is 10.6. The molecule has 16 heavy (non-hydrogen) atoms. The second kappa shape index (κ2) is 4.26. The molecule has 1 saturated carbocycles. The number of benzene rings is 1. The summed E-state index contributed by atoms with van der Waals surface area (Å²) in [6.07, 6.45) is 2.83. The number of carboxylic acid groups (broad SMARTS) is 1. The van der Waals surface area contributed by atoms with E-state index < -0.39 is 5.97 Å². The zero-order valence-corrected chi connectivity index (χ0v) is 9.40. The van der Waals surface area contributed by atoms with E-state index in [0.29, 0.717) is 6.42 Å². The van der Waals surface area contributed by atoms with E-state index in [9.17, 15) is 4.79 Å². The van der Waals surface area contributed by atoms with E-state index in [2.05, 4.69) is 0 Å². The summed E-state index contributed by atoms with van der Waals surface area (Å²) in [6.45, 7) is 0. The van der Waals surface area contributed by atoms with Gasteiger partial charge in [0.1, 0.15) is 0 Å². The Morgan fingerprint density at radius 2 is 2.12 bits per heavy atom. The van der Waals surface area contributed by atoms with Crippen molar-refractivity contribution in [3.63, 3.8) is 0 Å². The van der Waals surface area contributed by atoms with Crippen LogP contribution in [0.3, 0.4) is 0 Å². The Labute approximate surface area is 95.0 Å².